The fourth-order valence-corrected chi connectivity index (χ4v) is 7.21. The Morgan fingerprint density at radius 3 is 2.54 bits per heavy atom. The number of halogens is 1. The van der Waals surface area contributed by atoms with Gasteiger partial charge in [0.2, 0.25) is 0 Å². The van der Waals surface area contributed by atoms with Gasteiger partial charge in [0, 0.05) is 58.2 Å². The summed E-state index contributed by atoms with van der Waals surface area (Å²) < 4.78 is 13.4. The molecule has 1 aromatic heterocycles. The number of likely N-dealkylation sites (tertiary alicyclic amines) is 2. The van der Waals surface area contributed by atoms with Gasteiger partial charge in [-0.15, -0.1) is 0 Å². The van der Waals surface area contributed by atoms with E-state index in [1.807, 2.05) is 12.1 Å². The lowest BCUT2D eigenvalue weighted by Crippen LogP contribution is -2.56. The molecule has 0 bridgehead atoms. The minimum Gasteiger partial charge on any atom is -0.335 e. The van der Waals surface area contributed by atoms with Gasteiger partial charge in [-0.1, -0.05) is 37.3 Å². The van der Waals surface area contributed by atoms with E-state index in [1.165, 1.54) is 30.2 Å². The second-order valence-electron chi connectivity index (χ2n) is 11.7. The summed E-state index contributed by atoms with van der Waals surface area (Å²) >= 11 is 1.23. The normalized spacial score (nSPS) is 22.1. The predicted octanol–water partition coefficient (Wildman–Crippen LogP) is 4.90. The third kappa shape index (κ3) is 9.30. The van der Waals surface area contributed by atoms with E-state index in [9.17, 15) is 14.0 Å². The van der Waals surface area contributed by atoms with E-state index < -0.39 is 0 Å². The molecule has 2 N–H and O–H groups in total. The van der Waals surface area contributed by atoms with Crippen LogP contribution in [0.3, 0.4) is 0 Å². The molecule has 2 amide bonds. The van der Waals surface area contributed by atoms with Crippen molar-refractivity contribution in [1.29, 1.82) is 0 Å². The number of thiazole rings is 1. The fourth-order valence-electron chi connectivity index (χ4n) is 6.36. The van der Waals surface area contributed by atoms with Crippen LogP contribution in [0.2, 0.25) is 0 Å². The third-order valence-electron chi connectivity index (χ3n) is 8.63. The van der Waals surface area contributed by atoms with Crippen molar-refractivity contribution in [2.75, 3.05) is 64.2 Å². The summed E-state index contributed by atoms with van der Waals surface area (Å²) in [6.07, 6.45) is 4.22. The lowest BCUT2D eigenvalue weighted by Gasteiger charge is -2.43. The standard InChI is InChI=1S/C31H47FN6O2S/c1-5-36(6-2)16-17-37-15-13-28(34-30(40)35-31-33-22(3)29(41-31)23(4)39)26(20-37)21-38-14-7-8-25(19-38)18-24-9-11-27(32)12-10-24/h9-12,25-26,28H,5-8,13-21H2,1-4H3,(H2,33,34,35,40)/t25-,26-,28+/m0/s1. The van der Waals surface area contributed by atoms with E-state index >= 15 is 0 Å². The highest BCUT2D eigenvalue weighted by molar-refractivity contribution is 7.17. The second-order valence-corrected chi connectivity index (χ2v) is 12.7. The second kappa shape index (κ2) is 15.2. The van der Waals surface area contributed by atoms with Crippen LogP contribution in [0.4, 0.5) is 14.3 Å². The van der Waals surface area contributed by atoms with Crippen molar-refractivity contribution in [2.45, 2.75) is 59.4 Å². The molecule has 2 fully saturated rings. The summed E-state index contributed by atoms with van der Waals surface area (Å²) in [6.45, 7) is 16.9. The number of hydrogen-bond donors (Lipinski definition) is 2. The van der Waals surface area contributed by atoms with Gasteiger partial charge in [0.05, 0.1) is 10.6 Å². The fraction of sp³-hybridized carbons (Fsp3) is 0.645. The van der Waals surface area contributed by atoms with Crippen LogP contribution in [0.1, 0.15) is 61.0 Å². The summed E-state index contributed by atoms with van der Waals surface area (Å²) in [5.74, 6) is 0.634. The van der Waals surface area contributed by atoms with Gasteiger partial charge in [-0.3, -0.25) is 10.1 Å². The van der Waals surface area contributed by atoms with Gasteiger partial charge in [0.1, 0.15) is 5.82 Å². The molecular formula is C31H47FN6O2S. The summed E-state index contributed by atoms with van der Waals surface area (Å²) in [6, 6.07) is 6.73. The highest BCUT2D eigenvalue weighted by Crippen LogP contribution is 2.26. The topological polar surface area (TPSA) is 80.8 Å². The maximum absolute atomic E-state index is 13.4. The number of anilines is 1. The predicted molar refractivity (Wildman–Crippen MR) is 164 cm³/mol. The summed E-state index contributed by atoms with van der Waals surface area (Å²) in [5, 5.41) is 6.60. The molecule has 41 heavy (non-hydrogen) atoms. The first-order chi connectivity index (χ1) is 19.7. The summed E-state index contributed by atoms with van der Waals surface area (Å²) in [7, 11) is 0. The first kappa shape index (κ1) is 31.5. The van der Waals surface area contributed by atoms with Crippen LogP contribution in [-0.2, 0) is 6.42 Å². The van der Waals surface area contributed by atoms with Crippen molar-refractivity contribution in [3.05, 3.63) is 46.2 Å². The number of rotatable bonds is 12. The van der Waals surface area contributed by atoms with Crippen LogP contribution >= 0.6 is 11.3 Å². The zero-order valence-electron chi connectivity index (χ0n) is 25.1. The maximum Gasteiger partial charge on any atom is 0.321 e. The molecule has 8 nitrogen and oxygen atoms in total. The lowest BCUT2D eigenvalue weighted by molar-refractivity contribution is 0.0799. The molecule has 10 heteroatoms. The number of likely N-dealkylation sites (N-methyl/N-ethyl adjacent to an activating group) is 1. The first-order valence-electron chi connectivity index (χ1n) is 15.2. The van der Waals surface area contributed by atoms with Gasteiger partial charge in [-0.05, 0) is 75.9 Å². The average molecular weight is 587 g/mol. The molecule has 0 radical (unpaired) electrons. The van der Waals surface area contributed by atoms with Gasteiger partial charge in [-0.25, -0.2) is 14.2 Å². The molecule has 0 saturated carbocycles. The number of Topliss-reactive ketones (excluding diaryl/α,β-unsaturated/α-hetero) is 1. The summed E-state index contributed by atoms with van der Waals surface area (Å²) in [5.41, 5.74) is 1.84. The molecule has 0 unspecified atom stereocenters. The van der Waals surface area contributed by atoms with E-state index in [2.05, 4.69) is 44.2 Å². The molecule has 2 aliphatic heterocycles. The first-order valence-corrected chi connectivity index (χ1v) is 16.0. The van der Waals surface area contributed by atoms with E-state index in [4.69, 9.17) is 0 Å². The van der Waals surface area contributed by atoms with Gasteiger partial charge in [0.25, 0.3) is 0 Å². The summed E-state index contributed by atoms with van der Waals surface area (Å²) in [4.78, 5) is 37.4. The number of urea groups is 1. The molecule has 0 aliphatic carbocycles. The number of nitrogens with one attached hydrogen (secondary N) is 2. The number of aryl methyl sites for hydroxylation is 1. The van der Waals surface area contributed by atoms with Gasteiger partial charge in [-0.2, -0.15) is 0 Å². The Morgan fingerprint density at radius 2 is 1.85 bits per heavy atom. The zero-order valence-corrected chi connectivity index (χ0v) is 25.9. The van der Waals surface area contributed by atoms with Crippen LogP contribution in [0.5, 0.6) is 0 Å². The number of aromatic nitrogens is 1. The number of carbonyl (C=O) groups excluding carboxylic acids is 2. The van der Waals surface area contributed by atoms with Crippen LogP contribution < -0.4 is 10.6 Å². The average Bonchev–Trinajstić information content (AvgIpc) is 3.32. The van der Waals surface area contributed by atoms with Crippen molar-refractivity contribution in [2.24, 2.45) is 11.8 Å². The molecule has 2 aliphatic rings. The van der Waals surface area contributed by atoms with E-state index in [0.29, 0.717) is 27.5 Å². The molecule has 226 valence electrons. The van der Waals surface area contributed by atoms with Crippen LogP contribution in [-0.4, -0.2) is 96.4 Å². The molecule has 4 rings (SSSR count). The number of carbonyl (C=O) groups is 2. The SMILES string of the molecule is CCN(CC)CCN1CC[C@@H](NC(=O)Nc2nc(C)c(C(C)=O)s2)[C@H](CN2CCC[C@@H](Cc3ccc(F)cc3)C2)C1. The van der Waals surface area contributed by atoms with Crippen molar-refractivity contribution in [3.8, 4) is 0 Å². The van der Waals surface area contributed by atoms with E-state index in [0.717, 1.165) is 78.2 Å². The Bertz CT molecular complexity index is 1140. The monoisotopic (exact) mass is 586 g/mol. The van der Waals surface area contributed by atoms with Crippen molar-refractivity contribution < 1.29 is 14.0 Å². The molecule has 1 aromatic carbocycles. The molecule has 3 atom stereocenters. The number of hydrogen-bond acceptors (Lipinski definition) is 7. The van der Waals surface area contributed by atoms with Crippen LogP contribution in [0.15, 0.2) is 24.3 Å². The van der Waals surface area contributed by atoms with Crippen molar-refractivity contribution in [1.82, 2.24) is 25.0 Å². The Labute approximate surface area is 248 Å². The number of amides is 2. The quantitative estimate of drug-likeness (QED) is 0.345. The number of piperidine rings is 2. The molecule has 0 spiro atoms. The number of benzene rings is 1. The third-order valence-corrected chi connectivity index (χ3v) is 9.81. The largest absolute Gasteiger partial charge is 0.335 e. The molecule has 2 saturated heterocycles. The van der Waals surface area contributed by atoms with Gasteiger partial charge in [0.15, 0.2) is 10.9 Å². The Morgan fingerprint density at radius 1 is 1.10 bits per heavy atom. The zero-order chi connectivity index (χ0) is 29.4. The highest BCUT2D eigenvalue weighted by Gasteiger charge is 2.33. The maximum atomic E-state index is 13.4. The Kier molecular flexibility index (Phi) is 11.7. The lowest BCUT2D eigenvalue weighted by atomic mass is 9.88. The van der Waals surface area contributed by atoms with Crippen molar-refractivity contribution >= 4 is 28.3 Å². The van der Waals surface area contributed by atoms with E-state index in [1.54, 1.807) is 19.1 Å². The molecular weight excluding hydrogens is 539 g/mol. The Balaban J connectivity index is 1.39. The number of ketones is 1. The van der Waals surface area contributed by atoms with Crippen LogP contribution in [0, 0.1) is 24.6 Å². The highest BCUT2D eigenvalue weighted by atomic mass is 32.1. The molecule has 2 aromatic rings. The van der Waals surface area contributed by atoms with Gasteiger partial charge >= 0.3 is 6.03 Å². The minimum atomic E-state index is -0.256. The van der Waals surface area contributed by atoms with E-state index in [-0.39, 0.29) is 23.7 Å². The smallest absolute Gasteiger partial charge is 0.321 e. The van der Waals surface area contributed by atoms with Gasteiger partial charge < -0.3 is 20.0 Å². The minimum absolute atomic E-state index is 0.0372. The van der Waals surface area contributed by atoms with Crippen LogP contribution in [0.25, 0.3) is 0 Å². The number of nitrogens with zero attached hydrogens (tertiary/aromatic N) is 4. The molecule has 3 heterocycles. The van der Waals surface area contributed by atoms with Crippen molar-refractivity contribution in [3.63, 3.8) is 0 Å². The Hall–Kier alpha value is -2.40.